The molecular weight excluding hydrogens is 352 g/mol. The van der Waals surface area contributed by atoms with E-state index < -0.39 is 0 Å². The molecule has 2 aromatic rings. The van der Waals surface area contributed by atoms with Gasteiger partial charge in [-0.15, -0.1) is 0 Å². The number of carbonyl (C=O) groups is 3. The van der Waals surface area contributed by atoms with Gasteiger partial charge in [-0.1, -0.05) is 42.1 Å². The third kappa shape index (κ3) is 4.64. The molecule has 134 valence electrons. The van der Waals surface area contributed by atoms with Crippen molar-refractivity contribution in [1.29, 1.82) is 0 Å². The standard InChI is InChI=1S/C19H18N2O4S/c22-17-13-26-19(24)21(17)11-10-20-18(23)15-6-8-16(9-7-15)25-12-14-4-2-1-3-5-14/h1-9H,10-13H2,(H,20,23). The molecule has 0 aromatic heterocycles. The average Bonchev–Trinajstić information content (AvgIpc) is 2.99. The maximum Gasteiger partial charge on any atom is 0.288 e. The zero-order valence-electron chi connectivity index (χ0n) is 14.0. The molecule has 3 amide bonds. The van der Waals surface area contributed by atoms with Gasteiger partial charge in [0, 0.05) is 18.7 Å². The van der Waals surface area contributed by atoms with Crippen molar-refractivity contribution in [3.63, 3.8) is 0 Å². The minimum absolute atomic E-state index is 0.178. The van der Waals surface area contributed by atoms with Crippen molar-refractivity contribution in [3.05, 3.63) is 65.7 Å². The van der Waals surface area contributed by atoms with Crippen LogP contribution in [-0.4, -0.2) is 40.8 Å². The van der Waals surface area contributed by atoms with Crippen LogP contribution in [0.1, 0.15) is 15.9 Å². The Morgan fingerprint density at radius 3 is 2.46 bits per heavy atom. The molecule has 6 nitrogen and oxygen atoms in total. The first-order chi connectivity index (χ1) is 12.6. The van der Waals surface area contributed by atoms with E-state index in [2.05, 4.69) is 5.32 Å². The normalized spacial score (nSPS) is 13.8. The van der Waals surface area contributed by atoms with E-state index in [4.69, 9.17) is 4.74 Å². The second kappa shape index (κ2) is 8.53. The van der Waals surface area contributed by atoms with Gasteiger partial charge in [0.2, 0.25) is 5.91 Å². The number of rotatable bonds is 7. The Hall–Kier alpha value is -2.80. The van der Waals surface area contributed by atoms with Crippen molar-refractivity contribution in [2.75, 3.05) is 18.8 Å². The van der Waals surface area contributed by atoms with Gasteiger partial charge in [0.25, 0.3) is 11.1 Å². The average molecular weight is 370 g/mol. The van der Waals surface area contributed by atoms with E-state index in [-0.39, 0.29) is 35.9 Å². The Balaban J connectivity index is 1.46. The van der Waals surface area contributed by atoms with Gasteiger partial charge >= 0.3 is 0 Å². The minimum atomic E-state index is -0.260. The summed E-state index contributed by atoms with van der Waals surface area (Å²) < 4.78 is 5.68. The summed E-state index contributed by atoms with van der Waals surface area (Å²) in [5, 5.41) is 2.45. The minimum Gasteiger partial charge on any atom is -0.489 e. The summed E-state index contributed by atoms with van der Waals surface area (Å²) in [4.78, 5) is 36.2. The molecule has 1 aliphatic rings. The molecule has 2 aromatic carbocycles. The summed E-state index contributed by atoms with van der Waals surface area (Å²) in [6, 6.07) is 16.7. The molecule has 0 atom stereocenters. The van der Waals surface area contributed by atoms with Crippen molar-refractivity contribution in [3.8, 4) is 5.75 Å². The SMILES string of the molecule is O=C(NCCN1C(=O)CSC1=O)c1ccc(OCc2ccccc2)cc1. The summed E-state index contributed by atoms with van der Waals surface area (Å²) in [5.41, 5.74) is 1.56. The van der Waals surface area contributed by atoms with Crippen molar-refractivity contribution < 1.29 is 19.1 Å². The highest BCUT2D eigenvalue weighted by atomic mass is 32.2. The van der Waals surface area contributed by atoms with Crippen LogP contribution in [0.5, 0.6) is 5.75 Å². The molecular formula is C19H18N2O4S. The Morgan fingerprint density at radius 1 is 1.08 bits per heavy atom. The fourth-order valence-electron chi connectivity index (χ4n) is 2.42. The topological polar surface area (TPSA) is 75.7 Å². The predicted octanol–water partition coefficient (Wildman–Crippen LogP) is 2.69. The zero-order chi connectivity index (χ0) is 18.4. The maximum absolute atomic E-state index is 12.1. The summed E-state index contributed by atoms with van der Waals surface area (Å²) in [6.45, 7) is 0.875. The van der Waals surface area contributed by atoms with Crippen molar-refractivity contribution in [2.24, 2.45) is 0 Å². The highest BCUT2D eigenvalue weighted by Crippen LogP contribution is 2.18. The molecule has 0 saturated carbocycles. The number of amides is 3. The lowest BCUT2D eigenvalue weighted by molar-refractivity contribution is -0.124. The molecule has 0 aliphatic carbocycles. The number of thioether (sulfide) groups is 1. The number of hydrogen-bond donors (Lipinski definition) is 1. The first kappa shape index (κ1) is 18.0. The highest BCUT2D eigenvalue weighted by molar-refractivity contribution is 8.14. The second-order valence-corrected chi connectivity index (χ2v) is 6.58. The van der Waals surface area contributed by atoms with Crippen LogP contribution in [0.3, 0.4) is 0 Å². The van der Waals surface area contributed by atoms with Crippen LogP contribution >= 0.6 is 11.8 Å². The van der Waals surface area contributed by atoms with Crippen LogP contribution in [-0.2, 0) is 11.4 Å². The van der Waals surface area contributed by atoms with Gasteiger partial charge in [-0.3, -0.25) is 19.3 Å². The Labute approximate surface area is 155 Å². The summed E-state index contributed by atoms with van der Waals surface area (Å²) >= 11 is 0.984. The monoisotopic (exact) mass is 370 g/mol. The number of nitrogens with one attached hydrogen (secondary N) is 1. The van der Waals surface area contributed by atoms with Crippen molar-refractivity contribution >= 4 is 28.8 Å². The number of ether oxygens (including phenoxy) is 1. The maximum atomic E-state index is 12.1. The predicted molar refractivity (Wildman–Crippen MR) is 99.1 cm³/mol. The lowest BCUT2D eigenvalue weighted by atomic mass is 10.2. The van der Waals surface area contributed by atoms with Gasteiger partial charge in [-0.05, 0) is 29.8 Å². The fourth-order valence-corrected chi connectivity index (χ4v) is 3.18. The zero-order valence-corrected chi connectivity index (χ0v) is 14.8. The number of imide groups is 1. The molecule has 0 radical (unpaired) electrons. The second-order valence-electron chi connectivity index (χ2n) is 5.65. The van der Waals surface area contributed by atoms with Crippen molar-refractivity contribution in [2.45, 2.75) is 6.61 Å². The van der Waals surface area contributed by atoms with E-state index in [1.807, 2.05) is 30.3 Å². The van der Waals surface area contributed by atoms with Gasteiger partial charge in [-0.25, -0.2) is 0 Å². The Morgan fingerprint density at radius 2 is 1.81 bits per heavy atom. The molecule has 26 heavy (non-hydrogen) atoms. The molecule has 7 heteroatoms. The molecule has 0 unspecified atom stereocenters. The molecule has 1 saturated heterocycles. The Bertz CT molecular complexity index is 777. The third-order valence-corrected chi connectivity index (χ3v) is 4.68. The smallest absolute Gasteiger partial charge is 0.288 e. The molecule has 1 heterocycles. The van der Waals surface area contributed by atoms with Gasteiger partial charge in [0.1, 0.15) is 12.4 Å². The fraction of sp³-hybridized carbons (Fsp3) is 0.211. The largest absolute Gasteiger partial charge is 0.489 e. The molecule has 3 rings (SSSR count). The lowest BCUT2D eigenvalue weighted by Gasteiger charge is -2.13. The van der Waals surface area contributed by atoms with E-state index in [1.54, 1.807) is 24.3 Å². The number of carbonyl (C=O) groups excluding carboxylic acids is 3. The van der Waals surface area contributed by atoms with E-state index in [0.717, 1.165) is 22.2 Å². The first-order valence-electron chi connectivity index (χ1n) is 8.15. The van der Waals surface area contributed by atoms with Crippen LogP contribution in [0.25, 0.3) is 0 Å². The quantitative estimate of drug-likeness (QED) is 0.811. The number of hydrogen-bond acceptors (Lipinski definition) is 5. The van der Waals surface area contributed by atoms with Crippen molar-refractivity contribution in [1.82, 2.24) is 10.2 Å². The van der Waals surface area contributed by atoms with E-state index in [9.17, 15) is 14.4 Å². The van der Waals surface area contributed by atoms with E-state index in [1.165, 1.54) is 0 Å². The summed E-state index contributed by atoms with van der Waals surface area (Å²) in [5.74, 6) is 0.383. The molecule has 1 aliphatic heterocycles. The molecule has 1 fully saturated rings. The van der Waals surface area contributed by atoms with Gasteiger partial charge in [-0.2, -0.15) is 0 Å². The van der Waals surface area contributed by atoms with Crippen LogP contribution in [0.2, 0.25) is 0 Å². The van der Waals surface area contributed by atoms with Gasteiger partial charge < -0.3 is 10.1 Å². The van der Waals surface area contributed by atoms with Crippen LogP contribution in [0, 0.1) is 0 Å². The summed E-state index contributed by atoms with van der Waals surface area (Å²) in [7, 11) is 0. The van der Waals surface area contributed by atoms with E-state index in [0.29, 0.717) is 17.9 Å². The van der Waals surface area contributed by atoms with Crippen LogP contribution in [0.4, 0.5) is 4.79 Å². The number of benzene rings is 2. The summed E-state index contributed by atoms with van der Waals surface area (Å²) in [6.07, 6.45) is 0. The highest BCUT2D eigenvalue weighted by Gasteiger charge is 2.29. The first-order valence-corrected chi connectivity index (χ1v) is 9.14. The lowest BCUT2D eigenvalue weighted by Crippen LogP contribution is -2.37. The molecule has 0 spiro atoms. The molecule has 0 bridgehead atoms. The van der Waals surface area contributed by atoms with Crippen LogP contribution < -0.4 is 10.1 Å². The number of nitrogens with zero attached hydrogens (tertiary/aromatic N) is 1. The third-order valence-electron chi connectivity index (χ3n) is 3.83. The van der Waals surface area contributed by atoms with Gasteiger partial charge in [0.05, 0.1) is 5.75 Å². The Kier molecular flexibility index (Phi) is 5.91. The van der Waals surface area contributed by atoms with Gasteiger partial charge in [0.15, 0.2) is 0 Å². The van der Waals surface area contributed by atoms with Crippen LogP contribution in [0.15, 0.2) is 54.6 Å². The van der Waals surface area contributed by atoms with E-state index >= 15 is 0 Å². The molecule has 1 N–H and O–H groups in total.